The first-order chi connectivity index (χ1) is 9.70. The Morgan fingerprint density at radius 2 is 1.81 bits per heavy atom. The van der Waals surface area contributed by atoms with E-state index in [4.69, 9.17) is 9.84 Å². The molecule has 0 aliphatic carbocycles. The summed E-state index contributed by atoms with van der Waals surface area (Å²) in [4.78, 5) is 24.5. The van der Waals surface area contributed by atoms with Gasteiger partial charge in [-0.05, 0) is 33.3 Å². The average molecular weight is 293 g/mol. The van der Waals surface area contributed by atoms with Crippen molar-refractivity contribution < 1.29 is 19.4 Å². The van der Waals surface area contributed by atoms with Crippen molar-refractivity contribution in [2.75, 3.05) is 6.54 Å². The number of carboxylic acid groups (broad SMARTS) is 1. The average Bonchev–Trinajstić information content (AvgIpc) is 2.37. The first-order valence-corrected chi connectivity index (χ1v) is 6.97. The summed E-state index contributed by atoms with van der Waals surface area (Å²) in [6, 6.07) is 9.23. The van der Waals surface area contributed by atoms with Crippen LogP contribution in [-0.2, 0) is 9.53 Å². The van der Waals surface area contributed by atoms with E-state index in [1.54, 1.807) is 20.8 Å². The number of benzene rings is 1. The molecule has 0 saturated heterocycles. The summed E-state index contributed by atoms with van der Waals surface area (Å²) in [5.41, 5.74) is 0.323. The summed E-state index contributed by atoms with van der Waals surface area (Å²) in [6.45, 7) is 7.33. The fraction of sp³-hybridized carbons (Fsp3) is 0.500. The summed E-state index contributed by atoms with van der Waals surface area (Å²) < 4.78 is 5.37. The number of carbonyl (C=O) groups excluding carboxylic acids is 1. The third-order valence-electron chi connectivity index (χ3n) is 2.94. The molecule has 0 radical (unpaired) electrons. The molecule has 116 valence electrons. The Hall–Kier alpha value is -2.04. The molecule has 0 aliphatic rings. The molecule has 0 heterocycles. The van der Waals surface area contributed by atoms with Crippen LogP contribution in [0.25, 0.3) is 0 Å². The zero-order chi connectivity index (χ0) is 16.0. The summed E-state index contributed by atoms with van der Waals surface area (Å²) in [7, 11) is 0. The van der Waals surface area contributed by atoms with Gasteiger partial charge in [0.1, 0.15) is 5.60 Å². The molecule has 0 spiro atoms. The van der Waals surface area contributed by atoms with Gasteiger partial charge in [0.2, 0.25) is 0 Å². The van der Waals surface area contributed by atoms with E-state index in [2.05, 4.69) is 0 Å². The van der Waals surface area contributed by atoms with E-state index in [1.165, 1.54) is 4.90 Å². The topological polar surface area (TPSA) is 66.8 Å². The smallest absolute Gasteiger partial charge is 0.410 e. The molecule has 1 N–H and O–H groups in total. The highest BCUT2D eigenvalue weighted by Gasteiger charge is 2.27. The maximum Gasteiger partial charge on any atom is 0.410 e. The van der Waals surface area contributed by atoms with Crippen LogP contribution in [0.4, 0.5) is 4.79 Å². The number of amides is 1. The van der Waals surface area contributed by atoms with Crippen LogP contribution in [-0.4, -0.2) is 34.2 Å². The molecular weight excluding hydrogens is 270 g/mol. The first kappa shape index (κ1) is 17.0. The normalized spacial score (nSPS) is 12.6. The molecule has 0 aromatic heterocycles. The lowest BCUT2D eigenvalue weighted by atomic mass is 10.1. The lowest BCUT2D eigenvalue weighted by Gasteiger charge is -2.31. The SMILES string of the molecule is C[C@@H](c1ccccc1)N(CCC(=O)O)C(=O)OC(C)(C)C. The third kappa shape index (κ3) is 5.85. The van der Waals surface area contributed by atoms with E-state index >= 15 is 0 Å². The van der Waals surface area contributed by atoms with Crippen molar-refractivity contribution in [2.24, 2.45) is 0 Å². The summed E-state index contributed by atoms with van der Waals surface area (Å²) in [6.07, 6.45) is -0.615. The molecule has 0 saturated carbocycles. The zero-order valence-corrected chi connectivity index (χ0v) is 13.0. The number of carbonyl (C=O) groups is 2. The van der Waals surface area contributed by atoms with Gasteiger partial charge in [-0.2, -0.15) is 0 Å². The molecule has 5 heteroatoms. The number of hydrogen-bond donors (Lipinski definition) is 1. The standard InChI is InChI=1S/C16H23NO4/c1-12(13-8-6-5-7-9-13)17(11-10-14(18)19)15(20)21-16(2,3)4/h5-9,12H,10-11H2,1-4H3,(H,18,19)/t12-/m0/s1. The van der Waals surface area contributed by atoms with Crippen LogP contribution >= 0.6 is 0 Å². The molecule has 1 atom stereocenters. The molecule has 1 amide bonds. The Kier molecular flexibility index (Phi) is 5.76. The molecule has 0 unspecified atom stereocenters. The Labute approximate surface area is 125 Å². The summed E-state index contributed by atoms with van der Waals surface area (Å²) in [5.74, 6) is -0.941. The van der Waals surface area contributed by atoms with Gasteiger partial charge in [-0.3, -0.25) is 4.79 Å². The number of carboxylic acids is 1. The second-order valence-corrected chi connectivity index (χ2v) is 5.90. The van der Waals surface area contributed by atoms with Crippen LogP contribution < -0.4 is 0 Å². The van der Waals surface area contributed by atoms with Crippen molar-refractivity contribution in [1.29, 1.82) is 0 Å². The lowest BCUT2D eigenvalue weighted by molar-refractivity contribution is -0.137. The van der Waals surface area contributed by atoms with Gasteiger partial charge in [-0.15, -0.1) is 0 Å². The number of aliphatic carboxylic acids is 1. The molecular formula is C16H23NO4. The highest BCUT2D eigenvalue weighted by atomic mass is 16.6. The molecule has 0 aliphatic heterocycles. The second-order valence-electron chi connectivity index (χ2n) is 5.90. The van der Waals surface area contributed by atoms with Crippen molar-refractivity contribution in [3.8, 4) is 0 Å². The minimum atomic E-state index is -0.941. The van der Waals surface area contributed by atoms with Crippen LogP contribution in [0, 0.1) is 0 Å². The summed E-state index contributed by atoms with van der Waals surface area (Å²) in [5, 5.41) is 8.85. The molecule has 1 aromatic carbocycles. The van der Waals surface area contributed by atoms with Crippen molar-refractivity contribution in [2.45, 2.75) is 45.8 Å². The molecule has 0 bridgehead atoms. The van der Waals surface area contributed by atoms with E-state index in [-0.39, 0.29) is 19.0 Å². The molecule has 0 fully saturated rings. The van der Waals surface area contributed by atoms with E-state index in [0.29, 0.717) is 0 Å². The monoisotopic (exact) mass is 293 g/mol. The van der Waals surface area contributed by atoms with Crippen molar-refractivity contribution in [1.82, 2.24) is 4.90 Å². The van der Waals surface area contributed by atoms with E-state index < -0.39 is 17.7 Å². The van der Waals surface area contributed by atoms with Gasteiger partial charge >= 0.3 is 12.1 Å². The van der Waals surface area contributed by atoms with E-state index in [9.17, 15) is 9.59 Å². The highest BCUT2D eigenvalue weighted by Crippen LogP contribution is 2.22. The minimum absolute atomic E-state index is 0.111. The lowest BCUT2D eigenvalue weighted by Crippen LogP contribution is -2.39. The number of ether oxygens (including phenoxy) is 1. The fourth-order valence-corrected chi connectivity index (χ4v) is 1.89. The predicted molar refractivity (Wildman–Crippen MR) is 80.0 cm³/mol. The van der Waals surface area contributed by atoms with E-state index in [1.807, 2.05) is 37.3 Å². The zero-order valence-electron chi connectivity index (χ0n) is 13.0. The quantitative estimate of drug-likeness (QED) is 0.902. The molecule has 5 nitrogen and oxygen atoms in total. The minimum Gasteiger partial charge on any atom is -0.481 e. The summed E-state index contributed by atoms with van der Waals surface area (Å²) >= 11 is 0. The van der Waals surface area contributed by atoms with Gasteiger partial charge in [0.05, 0.1) is 12.5 Å². The van der Waals surface area contributed by atoms with Crippen molar-refractivity contribution in [3.05, 3.63) is 35.9 Å². The largest absolute Gasteiger partial charge is 0.481 e. The van der Waals surface area contributed by atoms with Crippen LogP contribution in [0.15, 0.2) is 30.3 Å². The second kappa shape index (κ2) is 7.11. The Morgan fingerprint density at radius 3 is 2.29 bits per heavy atom. The predicted octanol–water partition coefficient (Wildman–Crippen LogP) is 3.46. The number of rotatable bonds is 5. The molecule has 1 aromatic rings. The van der Waals surface area contributed by atoms with Gasteiger partial charge in [-0.1, -0.05) is 30.3 Å². The van der Waals surface area contributed by atoms with Crippen LogP contribution in [0.3, 0.4) is 0 Å². The Morgan fingerprint density at radius 1 is 1.24 bits per heavy atom. The fourth-order valence-electron chi connectivity index (χ4n) is 1.89. The third-order valence-corrected chi connectivity index (χ3v) is 2.94. The van der Waals surface area contributed by atoms with Gasteiger partial charge in [-0.25, -0.2) is 4.79 Å². The van der Waals surface area contributed by atoms with Crippen molar-refractivity contribution >= 4 is 12.1 Å². The van der Waals surface area contributed by atoms with Gasteiger partial charge < -0.3 is 14.7 Å². The first-order valence-electron chi connectivity index (χ1n) is 6.97. The van der Waals surface area contributed by atoms with Gasteiger partial charge in [0.15, 0.2) is 0 Å². The molecule has 21 heavy (non-hydrogen) atoms. The maximum absolute atomic E-state index is 12.3. The Balaban J connectivity index is 2.90. The van der Waals surface area contributed by atoms with Gasteiger partial charge in [0, 0.05) is 6.54 Å². The van der Waals surface area contributed by atoms with Crippen LogP contribution in [0.2, 0.25) is 0 Å². The number of hydrogen-bond acceptors (Lipinski definition) is 3. The number of nitrogens with zero attached hydrogens (tertiary/aromatic N) is 1. The maximum atomic E-state index is 12.3. The highest BCUT2D eigenvalue weighted by molar-refractivity contribution is 5.71. The van der Waals surface area contributed by atoms with Crippen LogP contribution in [0.1, 0.15) is 45.7 Å². The molecule has 1 rings (SSSR count). The van der Waals surface area contributed by atoms with E-state index in [0.717, 1.165) is 5.56 Å². The van der Waals surface area contributed by atoms with Crippen molar-refractivity contribution in [3.63, 3.8) is 0 Å². The Bertz CT molecular complexity index is 479. The van der Waals surface area contributed by atoms with Gasteiger partial charge in [0.25, 0.3) is 0 Å². The van der Waals surface area contributed by atoms with Crippen LogP contribution in [0.5, 0.6) is 0 Å².